The smallest absolute Gasteiger partial charge is 0.103 e. The number of piperidine rings is 1. The minimum atomic E-state index is 0.998. The number of H-pyrrole nitrogens is 1. The molecule has 1 radical (unpaired) electrons. The van der Waals surface area contributed by atoms with Crippen LogP contribution in [0.5, 0.6) is 0 Å². The zero-order chi connectivity index (χ0) is 9.10. The van der Waals surface area contributed by atoms with Gasteiger partial charge in [-0.05, 0) is 39.3 Å². The highest BCUT2D eigenvalue weighted by Crippen LogP contribution is 2.10. The van der Waals surface area contributed by atoms with E-state index < -0.39 is 0 Å². The Morgan fingerprint density at radius 2 is 2.23 bits per heavy atom. The predicted molar refractivity (Wildman–Crippen MR) is 52.1 cm³/mol. The number of imidazole rings is 1. The predicted octanol–water partition coefficient (Wildman–Crippen LogP) is 1.52. The maximum Gasteiger partial charge on any atom is 0.103 e. The number of aryl methyl sites for hydroxylation is 1. The van der Waals surface area contributed by atoms with Crippen molar-refractivity contribution < 1.29 is 0 Å². The number of rotatable bonds is 2. The van der Waals surface area contributed by atoms with Gasteiger partial charge >= 0.3 is 0 Å². The highest BCUT2D eigenvalue weighted by Gasteiger charge is 2.11. The lowest BCUT2D eigenvalue weighted by molar-refractivity contribution is 0.243. The SMILES string of the molecule is Cc1nc(CN2CC[CH]CC2)c[nH]1. The van der Waals surface area contributed by atoms with Crippen LogP contribution in [-0.4, -0.2) is 28.0 Å². The zero-order valence-electron chi connectivity index (χ0n) is 8.08. The molecule has 0 aromatic carbocycles. The van der Waals surface area contributed by atoms with Gasteiger partial charge in [0.15, 0.2) is 0 Å². The molecule has 1 fully saturated rings. The zero-order valence-corrected chi connectivity index (χ0v) is 8.08. The fraction of sp³-hybridized carbons (Fsp3) is 0.600. The van der Waals surface area contributed by atoms with Crippen molar-refractivity contribution in [2.24, 2.45) is 0 Å². The summed E-state index contributed by atoms with van der Waals surface area (Å²) < 4.78 is 0. The Balaban J connectivity index is 1.89. The summed E-state index contributed by atoms with van der Waals surface area (Å²) >= 11 is 0. The highest BCUT2D eigenvalue weighted by molar-refractivity contribution is 5.00. The minimum absolute atomic E-state index is 0.998. The van der Waals surface area contributed by atoms with Gasteiger partial charge in [-0.1, -0.05) is 0 Å². The summed E-state index contributed by atoms with van der Waals surface area (Å²) in [6.07, 6.45) is 6.83. The van der Waals surface area contributed by atoms with Crippen LogP contribution in [0.15, 0.2) is 6.20 Å². The molecule has 1 aliphatic heterocycles. The Morgan fingerprint density at radius 3 is 2.85 bits per heavy atom. The fourth-order valence-corrected chi connectivity index (χ4v) is 1.74. The Hall–Kier alpha value is -0.830. The topological polar surface area (TPSA) is 31.9 Å². The van der Waals surface area contributed by atoms with Gasteiger partial charge in [0.05, 0.1) is 5.69 Å². The quantitative estimate of drug-likeness (QED) is 0.744. The van der Waals surface area contributed by atoms with Crippen molar-refractivity contribution in [3.63, 3.8) is 0 Å². The average molecular weight is 178 g/mol. The Labute approximate surface area is 79.2 Å². The molecule has 71 valence electrons. The van der Waals surface area contributed by atoms with Crippen molar-refractivity contribution in [3.8, 4) is 0 Å². The van der Waals surface area contributed by atoms with Gasteiger partial charge < -0.3 is 4.98 Å². The van der Waals surface area contributed by atoms with Crippen molar-refractivity contribution in [1.29, 1.82) is 0 Å². The first-order chi connectivity index (χ1) is 6.34. The maximum atomic E-state index is 4.40. The van der Waals surface area contributed by atoms with E-state index in [1.165, 1.54) is 31.6 Å². The molecule has 2 heterocycles. The van der Waals surface area contributed by atoms with Crippen LogP contribution in [0.3, 0.4) is 0 Å². The molecular weight excluding hydrogens is 162 g/mol. The molecule has 3 nitrogen and oxygen atoms in total. The van der Waals surface area contributed by atoms with E-state index in [-0.39, 0.29) is 0 Å². The molecule has 1 aromatic heterocycles. The van der Waals surface area contributed by atoms with E-state index in [4.69, 9.17) is 0 Å². The molecule has 0 aliphatic carbocycles. The number of hydrogen-bond acceptors (Lipinski definition) is 2. The van der Waals surface area contributed by atoms with Crippen LogP contribution < -0.4 is 0 Å². The molecule has 3 heteroatoms. The molecule has 1 aromatic rings. The molecule has 0 atom stereocenters. The molecule has 0 amide bonds. The number of nitrogens with zero attached hydrogens (tertiary/aromatic N) is 2. The second-order valence-electron chi connectivity index (χ2n) is 3.62. The van der Waals surface area contributed by atoms with Crippen molar-refractivity contribution in [2.75, 3.05) is 13.1 Å². The summed E-state index contributed by atoms with van der Waals surface area (Å²) in [7, 11) is 0. The number of nitrogens with one attached hydrogen (secondary N) is 1. The van der Waals surface area contributed by atoms with Crippen molar-refractivity contribution in [2.45, 2.75) is 26.3 Å². The van der Waals surface area contributed by atoms with Gasteiger partial charge in [0.1, 0.15) is 5.82 Å². The van der Waals surface area contributed by atoms with E-state index in [1.807, 2.05) is 13.1 Å². The van der Waals surface area contributed by atoms with E-state index in [0.717, 1.165) is 12.4 Å². The summed E-state index contributed by atoms with van der Waals surface area (Å²) in [6.45, 7) is 5.36. The first kappa shape index (κ1) is 8.75. The van der Waals surface area contributed by atoms with Gasteiger partial charge in [0, 0.05) is 12.7 Å². The Morgan fingerprint density at radius 1 is 1.46 bits per heavy atom. The largest absolute Gasteiger partial charge is 0.348 e. The standard InChI is InChI=1S/C10H16N3/c1-9-11-7-10(12-9)8-13-5-3-2-4-6-13/h2,7H,3-6,8H2,1H3,(H,11,12). The van der Waals surface area contributed by atoms with E-state index in [1.54, 1.807) is 0 Å². The lowest BCUT2D eigenvalue weighted by atomic mass is 10.1. The molecule has 0 bridgehead atoms. The van der Waals surface area contributed by atoms with Crippen LogP contribution in [0.25, 0.3) is 0 Å². The van der Waals surface area contributed by atoms with Crippen molar-refractivity contribution >= 4 is 0 Å². The summed E-state index contributed by atoms with van der Waals surface area (Å²) in [5.41, 5.74) is 1.17. The van der Waals surface area contributed by atoms with Crippen molar-refractivity contribution in [3.05, 3.63) is 24.1 Å². The molecule has 1 saturated heterocycles. The third kappa shape index (κ3) is 2.31. The Kier molecular flexibility index (Phi) is 2.64. The molecule has 0 saturated carbocycles. The average Bonchev–Trinajstić information content (AvgIpc) is 2.53. The summed E-state index contributed by atoms with van der Waals surface area (Å²) in [5, 5.41) is 0. The van der Waals surface area contributed by atoms with Crippen LogP contribution in [0.4, 0.5) is 0 Å². The third-order valence-corrected chi connectivity index (χ3v) is 2.44. The first-order valence-electron chi connectivity index (χ1n) is 4.89. The summed E-state index contributed by atoms with van der Waals surface area (Å²) in [5.74, 6) is 1.01. The lowest BCUT2D eigenvalue weighted by Gasteiger charge is -2.25. The second kappa shape index (κ2) is 3.92. The molecule has 0 unspecified atom stereocenters. The molecule has 1 N–H and O–H groups in total. The van der Waals surface area contributed by atoms with E-state index >= 15 is 0 Å². The van der Waals surface area contributed by atoms with E-state index in [9.17, 15) is 0 Å². The minimum Gasteiger partial charge on any atom is -0.348 e. The number of aromatic nitrogens is 2. The number of hydrogen-bond donors (Lipinski definition) is 1. The van der Waals surface area contributed by atoms with Crippen molar-refractivity contribution in [1.82, 2.24) is 14.9 Å². The number of likely N-dealkylation sites (tertiary alicyclic amines) is 1. The van der Waals surface area contributed by atoms with Gasteiger partial charge in [-0.3, -0.25) is 4.90 Å². The van der Waals surface area contributed by atoms with Crippen LogP contribution >= 0.6 is 0 Å². The fourth-order valence-electron chi connectivity index (χ4n) is 1.74. The van der Waals surface area contributed by atoms with Gasteiger partial charge in [0.25, 0.3) is 0 Å². The monoisotopic (exact) mass is 178 g/mol. The van der Waals surface area contributed by atoms with Crippen LogP contribution in [0, 0.1) is 13.3 Å². The number of aromatic amines is 1. The molecule has 2 rings (SSSR count). The molecular formula is C10H16N3. The molecule has 0 spiro atoms. The second-order valence-corrected chi connectivity index (χ2v) is 3.62. The molecule has 13 heavy (non-hydrogen) atoms. The lowest BCUT2D eigenvalue weighted by Crippen LogP contribution is -2.29. The van der Waals surface area contributed by atoms with E-state index in [2.05, 4.69) is 21.3 Å². The normalized spacial score (nSPS) is 19.2. The third-order valence-electron chi connectivity index (χ3n) is 2.44. The van der Waals surface area contributed by atoms with Gasteiger partial charge in [-0.15, -0.1) is 0 Å². The summed E-state index contributed by atoms with van der Waals surface area (Å²) in [6, 6.07) is 0. The maximum absolute atomic E-state index is 4.40. The van der Waals surface area contributed by atoms with Gasteiger partial charge in [-0.25, -0.2) is 4.98 Å². The first-order valence-corrected chi connectivity index (χ1v) is 4.89. The van der Waals surface area contributed by atoms with Gasteiger partial charge in [0.2, 0.25) is 0 Å². The van der Waals surface area contributed by atoms with Gasteiger partial charge in [-0.2, -0.15) is 0 Å². The summed E-state index contributed by atoms with van der Waals surface area (Å²) in [4.78, 5) is 9.96. The Bertz CT molecular complexity index is 261. The van der Waals surface area contributed by atoms with Crippen LogP contribution in [-0.2, 0) is 6.54 Å². The van der Waals surface area contributed by atoms with Crippen LogP contribution in [0.2, 0.25) is 0 Å². The van der Waals surface area contributed by atoms with E-state index in [0.29, 0.717) is 0 Å². The van der Waals surface area contributed by atoms with Crippen LogP contribution in [0.1, 0.15) is 24.4 Å². The molecule has 1 aliphatic rings. The highest BCUT2D eigenvalue weighted by atomic mass is 15.1.